The Morgan fingerprint density at radius 2 is 1.82 bits per heavy atom. The summed E-state index contributed by atoms with van der Waals surface area (Å²) < 4.78 is 16.4. The predicted molar refractivity (Wildman–Crippen MR) is 71.1 cm³/mol. The van der Waals surface area contributed by atoms with E-state index in [2.05, 4.69) is 20.8 Å². The summed E-state index contributed by atoms with van der Waals surface area (Å²) in [4.78, 5) is 0. The van der Waals surface area contributed by atoms with E-state index >= 15 is 0 Å². The second kappa shape index (κ2) is 12.3. The lowest BCUT2D eigenvalue weighted by atomic mass is 10.2. The SMILES string of the molecule is [CH2]C(CCCOC)OCC(CC)OCCCC. The van der Waals surface area contributed by atoms with Crippen LogP contribution in [0.2, 0.25) is 0 Å². The van der Waals surface area contributed by atoms with E-state index in [0.717, 1.165) is 38.9 Å². The van der Waals surface area contributed by atoms with Crippen molar-refractivity contribution in [3.63, 3.8) is 0 Å². The third-order valence-corrected chi connectivity index (χ3v) is 2.70. The maximum Gasteiger partial charge on any atom is 0.0806 e. The fourth-order valence-corrected chi connectivity index (χ4v) is 1.46. The van der Waals surface area contributed by atoms with E-state index in [-0.39, 0.29) is 12.2 Å². The van der Waals surface area contributed by atoms with E-state index in [1.807, 2.05) is 0 Å². The molecule has 0 aliphatic heterocycles. The van der Waals surface area contributed by atoms with Crippen molar-refractivity contribution in [3.05, 3.63) is 6.92 Å². The van der Waals surface area contributed by atoms with E-state index in [1.54, 1.807) is 7.11 Å². The molecule has 17 heavy (non-hydrogen) atoms. The minimum atomic E-state index is 0.0500. The maximum absolute atomic E-state index is 5.73. The molecule has 0 heterocycles. The van der Waals surface area contributed by atoms with Crippen molar-refractivity contribution in [1.29, 1.82) is 0 Å². The number of unbranched alkanes of at least 4 members (excludes halogenated alkanes) is 1. The summed E-state index contributed by atoms with van der Waals surface area (Å²) in [6.07, 6.45) is 5.50. The Balaban J connectivity index is 3.52. The Kier molecular flexibility index (Phi) is 12.3. The van der Waals surface area contributed by atoms with E-state index in [4.69, 9.17) is 14.2 Å². The van der Waals surface area contributed by atoms with Gasteiger partial charge in [-0.15, -0.1) is 0 Å². The molecule has 0 aromatic rings. The van der Waals surface area contributed by atoms with Gasteiger partial charge in [-0.1, -0.05) is 20.3 Å². The normalized spacial score (nSPS) is 14.8. The van der Waals surface area contributed by atoms with Gasteiger partial charge in [0, 0.05) is 20.3 Å². The number of ether oxygens (including phenoxy) is 3. The van der Waals surface area contributed by atoms with Gasteiger partial charge >= 0.3 is 0 Å². The molecule has 0 aromatic carbocycles. The zero-order valence-corrected chi connectivity index (χ0v) is 11.7. The van der Waals surface area contributed by atoms with Crippen molar-refractivity contribution in [3.8, 4) is 0 Å². The molecule has 0 aliphatic rings. The minimum absolute atomic E-state index is 0.0500. The molecule has 0 aromatic heterocycles. The second-order valence-electron chi connectivity index (χ2n) is 4.34. The van der Waals surface area contributed by atoms with Gasteiger partial charge in [0.15, 0.2) is 0 Å². The number of methoxy groups -OCH3 is 1. The largest absolute Gasteiger partial charge is 0.385 e. The first kappa shape index (κ1) is 16.9. The van der Waals surface area contributed by atoms with Gasteiger partial charge < -0.3 is 14.2 Å². The Morgan fingerprint density at radius 3 is 2.41 bits per heavy atom. The lowest BCUT2D eigenvalue weighted by molar-refractivity contribution is -0.0380. The van der Waals surface area contributed by atoms with E-state index in [9.17, 15) is 0 Å². The lowest BCUT2D eigenvalue weighted by Gasteiger charge is -2.19. The molecule has 3 nitrogen and oxygen atoms in total. The van der Waals surface area contributed by atoms with Crippen molar-refractivity contribution < 1.29 is 14.2 Å². The van der Waals surface area contributed by atoms with Crippen molar-refractivity contribution in [2.24, 2.45) is 0 Å². The topological polar surface area (TPSA) is 27.7 Å². The average Bonchev–Trinajstić information content (AvgIpc) is 2.34. The van der Waals surface area contributed by atoms with Gasteiger partial charge in [0.1, 0.15) is 0 Å². The van der Waals surface area contributed by atoms with Crippen LogP contribution in [0.15, 0.2) is 0 Å². The molecule has 103 valence electrons. The first-order chi connectivity index (χ1) is 8.24. The number of rotatable bonds is 12. The van der Waals surface area contributed by atoms with Crippen molar-refractivity contribution in [2.45, 2.75) is 58.2 Å². The summed E-state index contributed by atoms with van der Waals surface area (Å²) in [5.74, 6) is 0. The monoisotopic (exact) mass is 245 g/mol. The van der Waals surface area contributed by atoms with Crippen molar-refractivity contribution in [1.82, 2.24) is 0 Å². The third kappa shape index (κ3) is 10.7. The molecule has 0 aliphatic carbocycles. The Bertz CT molecular complexity index is 150. The number of hydrogen-bond donors (Lipinski definition) is 0. The summed E-state index contributed by atoms with van der Waals surface area (Å²) in [5, 5.41) is 0. The van der Waals surface area contributed by atoms with Gasteiger partial charge in [0.2, 0.25) is 0 Å². The third-order valence-electron chi connectivity index (χ3n) is 2.70. The maximum atomic E-state index is 5.73. The molecule has 0 rings (SSSR count). The van der Waals surface area contributed by atoms with Crippen LogP contribution < -0.4 is 0 Å². The molecule has 1 radical (unpaired) electrons. The van der Waals surface area contributed by atoms with Gasteiger partial charge in [0.05, 0.1) is 18.8 Å². The van der Waals surface area contributed by atoms with Crippen LogP contribution in [-0.4, -0.2) is 39.1 Å². The molecule has 0 amide bonds. The van der Waals surface area contributed by atoms with Gasteiger partial charge in [-0.3, -0.25) is 0 Å². The molecular formula is C14H29O3. The van der Waals surface area contributed by atoms with Crippen molar-refractivity contribution >= 4 is 0 Å². The number of hydrogen-bond acceptors (Lipinski definition) is 3. The Hall–Kier alpha value is -0.120. The van der Waals surface area contributed by atoms with Crippen molar-refractivity contribution in [2.75, 3.05) is 26.9 Å². The van der Waals surface area contributed by atoms with Crippen LogP contribution in [-0.2, 0) is 14.2 Å². The highest BCUT2D eigenvalue weighted by atomic mass is 16.5. The van der Waals surface area contributed by atoms with Crippen LogP contribution in [0.1, 0.15) is 46.0 Å². The van der Waals surface area contributed by atoms with Gasteiger partial charge in [0.25, 0.3) is 0 Å². The minimum Gasteiger partial charge on any atom is -0.385 e. The highest BCUT2D eigenvalue weighted by Crippen LogP contribution is 2.06. The predicted octanol–water partition coefficient (Wildman–Crippen LogP) is 3.23. The van der Waals surface area contributed by atoms with E-state index in [0.29, 0.717) is 6.61 Å². The molecule has 3 heteroatoms. The fourth-order valence-electron chi connectivity index (χ4n) is 1.46. The van der Waals surface area contributed by atoms with Gasteiger partial charge in [-0.2, -0.15) is 0 Å². The van der Waals surface area contributed by atoms with Crippen LogP contribution in [0, 0.1) is 6.92 Å². The highest BCUT2D eigenvalue weighted by Gasteiger charge is 2.09. The van der Waals surface area contributed by atoms with Gasteiger partial charge in [-0.25, -0.2) is 0 Å². The van der Waals surface area contributed by atoms with Crippen LogP contribution in [0.3, 0.4) is 0 Å². The second-order valence-corrected chi connectivity index (χ2v) is 4.34. The van der Waals surface area contributed by atoms with Crippen LogP contribution in [0.5, 0.6) is 0 Å². The van der Waals surface area contributed by atoms with Crippen LogP contribution in [0.4, 0.5) is 0 Å². The van der Waals surface area contributed by atoms with E-state index < -0.39 is 0 Å². The quantitative estimate of drug-likeness (QED) is 0.494. The summed E-state index contributed by atoms with van der Waals surface area (Å²) in [6.45, 7) is 10.5. The molecule has 0 saturated carbocycles. The molecule has 2 unspecified atom stereocenters. The molecule has 0 spiro atoms. The van der Waals surface area contributed by atoms with E-state index in [1.165, 1.54) is 6.42 Å². The molecule has 0 N–H and O–H groups in total. The average molecular weight is 245 g/mol. The summed E-state index contributed by atoms with van der Waals surface area (Å²) in [6, 6.07) is 0. The summed E-state index contributed by atoms with van der Waals surface area (Å²) in [7, 11) is 1.72. The van der Waals surface area contributed by atoms with Gasteiger partial charge in [-0.05, 0) is 32.6 Å². The lowest BCUT2D eigenvalue weighted by Crippen LogP contribution is -2.23. The summed E-state index contributed by atoms with van der Waals surface area (Å²) >= 11 is 0. The smallest absolute Gasteiger partial charge is 0.0806 e. The molecule has 0 bridgehead atoms. The highest BCUT2D eigenvalue weighted by molar-refractivity contribution is 4.62. The summed E-state index contributed by atoms with van der Waals surface area (Å²) in [5.41, 5.74) is 0. The standard InChI is InChI=1S/C14H29O3/c1-5-7-11-16-14(6-2)12-17-13(3)9-8-10-15-4/h13-14H,3,5-12H2,1-2,4H3. The van der Waals surface area contributed by atoms with Crippen LogP contribution >= 0.6 is 0 Å². The molecule has 0 saturated heterocycles. The first-order valence-corrected chi connectivity index (χ1v) is 6.79. The zero-order chi connectivity index (χ0) is 12.9. The fraction of sp³-hybridized carbons (Fsp3) is 0.929. The molecule has 2 atom stereocenters. The first-order valence-electron chi connectivity index (χ1n) is 6.79. The molecular weight excluding hydrogens is 216 g/mol. The van der Waals surface area contributed by atoms with Crippen LogP contribution in [0.25, 0.3) is 0 Å². The Labute approximate surface area is 107 Å². The Morgan fingerprint density at radius 1 is 1.06 bits per heavy atom. The zero-order valence-electron chi connectivity index (χ0n) is 11.7. The molecule has 0 fully saturated rings.